The van der Waals surface area contributed by atoms with Crippen LogP contribution in [0.4, 0.5) is 5.82 Å². The zero-order chi connectivity index (χ0) is 15.5. The lowest BCUT2D eigenvalue weighted by atomic mass is 10.2. The lowest BCUT2D eigenvalue weighted by Crippen LogP contribution is -2.49. The Morgan fingerprint density at radius 1 is 1.05 bits per heavy atom. The summed E-state index contributed by atoms with van der Waals surface area (Å²) < 4.78 is 0. The molecule has 7 heteroatoms. The molecule has 0 bridgehead atoms. The van der Waals surface area contributed by atoms with Gasteiger partial charge in [-0.15, -0.1) is 5.10 Å². The minimum absolute atomic E-state index is 0.0526. The molecule has 1 aliphatic rings. The minimum Gasteiger partial charge on any atom is -0.352 e. The predicted octanol–water partition coefficient (Wildman–Crippen LogP) is 2.75. The van der Waals surface area contributed by atoms with E-state index in [1.807, 2.05) is 12.1 Å². The summed E-state index contributed by atoms with van der Waals surface area (Å²) in [5.41, 5.74) is 0.519. The topological polar surface area (TPSA) is 49.3 Å². The summed E-state index contributed by atoms with van der Waals surface area (Å²) in [6, 6.07) is 8.68. The number of carbonyl (C=O) groups excluding carboxylic acids is 1. The van der Waals surface area contributed by atoms with E-state index >= 15 is 0 Å². The van der Waals surface area contributed by atoms with E-state index in [4.69, 9.17) is 23.2 Å². The molecule has 0 unspecified atom stereocenters. The number of anilines is 1. The van der Waals surface area contributed by atoms with Crippen LogP contribution in [-0.2, 0) is 0 Å². The lowest BCUT2D eigenvalue weighted by Gasteiger charge is -2.35. The Labute approximate surface area is 138 Å². The van der Waals surface area contributed by atoms with Crippen LogP contribution < -0.4 is 4.90 Å². The van der Waals surface area contributed by atoms with Crippen molar-refractivity contribution < 1.29 is 4.79 Å². The largest absolute Gasteiger partial charge is 0.352 e. The van der Waals surface area contributed by atoms with Gasteiger partial charge >= 0.3 is 0 Å². The Morgan fingerprint density at radius 3 is 2.32 bits per heavy atom. The van der Waals surface area contributed by atoms with Crippen molar-refractivity contribution in [1.29, 1.82) is 0 Å². The first-order valence-electron chi connectivity index (χ1n) is 6.91. The third-order valence-electron chi connectivity index (χ3n) is 3.56. The number of piperazine rings is 1. The van der Waals surface area contributed by atoms with Crippen LogP contribution in [0, 0.1) is 0 Å². The Kier molecular flexibility index (Phi) is 4.45. The number of carbonyl (C=O) groups is 1. The van der Waals surface area contributed by atoms with Crippen molar-refractivity contribution in [2.45, 2.75) is 0 Å². The molecule has 2 heterocycles. The highest BCUT2D eigenvalue weighted by Crippen LogP contribution is 2.21. The number of nitrogens with zero attached hydrogens (tertiary/aromatic N) is 4. The van der Waals surface area contributed by atoms with Crippen LogP contribution in [-0.4, -0.2) is 47.2 Å². The number of benzene rings is 1. The van der Waals surface area contributed by atoms with Crippen molar-refractivity contribution in [3.8, 4) is 0 Å². The highest BCUT2D eigenvalue weighted by molar-refractivity contribution is 6.35. The monoisotopic (exact) mass is 336 g/mol. The predicted molar refractivity (Wildman–Crippen MR) is 86.6 cm³/mol. The fraction of sp³-hybridized carbons (Fsp3) is 0.267. The first-order valence-corrected chi connectivity index (χ1v) is 7.67. The molecule has 0 radical (unpaired) electrons. The number of hydrogen-bond donors (Lipinski definition) is 0. The molecule has 3 rings (SSSR count). The van der Waals surface area contributed by atoms with E-state index in [0.717, 1.165) is 18.9 Å². The molecule has 0 N–H and O–H groups in total. The van der Waals surface area contributed by atoms with Crippen LogP contribution in [0.5, 0.6) is 0 Å². The summed E-state index contributed by atoms with van der Waals surface area (Å²) in [7, 11) is 0. The van der Waals surface area contributed by atoms with Crippen LogP contribution in [0.2, 0.25) is 10.0 Å². The molecule has 1 amide bonds. The zero-order valence-electron chi connectivity index (χ0n) is 11.7. The van der Waals surface area contributed by atoms with Gasteiger partial charge in [0.05, 0.1) is 0 Å². The van der Waals surface area contributed by atoms with Crippen molar-refractivity contribution in [3.63, 3.8) is 0 Å². The van der Waals surface area contributed by atoms with Gasteiger partial charge in [0.2, 0.25) is 0 Å². The molecule has 0 aliphatic carbocycles. The van der Waals surface area contributed by atoms with Gasteiger partial charge in [-0.25, -0.2) is 0 Å². The van der Waals surface area contributed by atoms with Gasteiger partial charge in [0, 0.05) is 48.0 Å². The summed E-state index contributed by atoms with van der Waals surface area (Å²) >= 11 is 11.9. The van der Waals surface area contributed by atoms with Crippen LogP contribution in [0.1, 0.15) is 10.4 Å². The van der Waals surface area contributed by atoms with Gasteiger partial charge < -0.3 is 9.80 Å². The molecular formula is C15H14Cl2N4O. The second-order valence-corrected chi connectivity index (χ2v) is 5.89. The van der Waals surface area contributed by atoms with Gasteiger partial charge in [-0.2, -0.15) is 5.10 Å². The van der Waals surface area contributed by atoms with Gasteiger partial charge in [-0.1, -0.05) is 23.2 Å². The third-order valence-corrected chi connectivity index (χ3v) is 4.00. The molecule has 1 aromatic heterocycles. The van der Waals surface area contributed by atoms with Crippen molar-refractivity contribution in [2.75, 3.05) is 31.1 Å². The average molecular weight is 337 g/mol. The number of halogens is 2. The first-order chi connectivity index (χ1) is 10.6. The molecule has 0 saturated carbocycles. The summed E-state index contributed by atoms with van der Waals surface area (Å²) in [6.07, 6.45) is 1.65. The third kappa shape index (κ3) is 3.31. The number of aromatic nitrogens is 2. The molecule has 22 heavy (non-hydrogen) atoms. The zero-order valence-corrected chi connectivity index (χ0v) is 13.3. The van der Waals surface area contributed by atoms with Crippen LogP contribution in [0.15, 0.2) is 36.5 Å². The molecular weight excluding hydrogens is 323 g/mol. The van der Waals surface area contributed by atoms with E-state index in [0.29, 0.717) is 28.7 Å². The summed E-state index contributed by atoms with van der Waals surface area (Å²) in [6.45, 7) is 2.69. The maximum Gasteiger partial charge on any atom is 0.254 e. The first kappa shape index (κ1) is 15.1. The normalized spacial score (nSPS) is 15.0. The molecule has 0 atom stereocenters. The number of hydrogen-bond acceptors (Lipinski definition) is 4. The standard InChI is InChI=1S/C15H14Cl2N4O/c16-12-8-11(9-13(17)10-12)15(22)21-6-4-20(5-7-21)14-2-1-3-18-19-14/h1-3,8-10H,4-7H2. The molecule has 1 aliphatic heterocycles. The fourth-order valence-electron chi connectivity index (χ4n) is 2.46. The highest BCUT2D eigenvalue weighted by Gasteiger charge is 2.23. The second kappa shape index (κ2) is 6.50. The van der Waals surface area contributed by atoms with Crippen molar-refractivity contribution in [1.82, 2.24) is 15.1 Å². The SMILES string of the molecule is O=C(c1cc(Cl)cc(Cl)c1)N1CCN(c2cccnn2)CC1. The van der Waals surface area contributed by atoms with Crippen LogP contribution >= 0.6 is 23.2 Å². The number of rotatable bonds is 2. The average Bonchev–Trinajstić information content (AvgIpc) is 2.54. The second-order valence-electron chi connectivity index (χ2n) is 5.02. The van der Waals surface area contributed by atoms with E-state index < -0.39 is 0 Å². The maximum atomic E-state index is 12.5. The molecule has 1 fully saturated rings. The Balaban J connectivity index is 1.67. The molecule has 5 nitrogen and oxygen atoms in total. The van der Waals surface area contributed by atoms with Crippen molar-refractivity contribution in [3.05, 3.63) is 52.1 Å². The van der Waals surface area contributed by atoms with E-state index in [9.17, 15) is 4.79 Å². The van der Waals surface area contributed by atoms with Crippen LogP contribution in [0.3, 0.4) is 0 Å². The van der Waals surface area contributed by atoms with Crippen molar-refractivity contribution in [2.24, 2.45) is 0 Å². The Bertz CT molecular complexity index is 652. The van der Waals surface area contributed by atoms with E-state index in [2.05, 4.69) is 15.1 Å². The smallest absolute Gasteiger partial charge is 0.254 e. The minimum atomic E-state index is -0.0526. The van der Waals surface area contributed by atoms with Gasteiger partial charge in [0.15, 0.2) is 5.82 Å². The van der Waals surface area contributed by atoms with Gasteiger partial charge in [0.1, 0.15) is 0 Å². The fourth-order valence-corrected chi connectivity index (χ4v) is 2.99. The van der Waals surface area contributed by atoms with Crippen LogP contribution in [0.25, 0.3) is 0 Å². The quantitative estimate of drug-likeness (QED) is 0.846. The van der Waals surface area contributed by atoms with E-state index in [1.165, 1.54) is 0 Å². The van der Waals surface area contributed by atoms with Gasteiger partial charge in [0.25, 0.3) is 5.91 Å². The maximum absolute atomic E-state index is 12.5. The molecule has 114 valence electrons. The molecule has 1 aromatic carbocycles. The Hall–Kier alpha value is -1.85. The van der Waals surface area contributed by atoms with E-state index in [1.54, 1.807) is 29.3 Å². The summed E-state index contributed by atoms with van der Waals surface area (Å²) in [4.78, 5) is 16.4. The summed E-state index contributed by atoms with van der Waals surface area (Å²) in [5, 5.41) is 8.90. The highest BCUT2D eigenvalue weighted by atomic mass is 35.5. The molecule has 2 aromatic rings. The number of amides is 1. The van der Waals surface area contributed by atoms with Gasteiger partial charge in [-0.05, 0) is 30.3 Å². The molecule has 0 spiro atoms. The van der Waals surface area contributed by atoms with Gasteiger partial charge in [-0.3, -0.25) is 4.79 Å². The van der Waals surface area contributed by atoms with E-state index in [-0.39, 0.29) is 5.91 Å². The van der Waals surface area contributed by atoms with Crippen molar-refractivity contribution >= 4 is 34.9 Å². The summed E-state index contributed by atoms with van der Waals surface area (Å²) in [5.74, 6) is 0.781. The lowest BCUT2D eigenvalue weighted by molar-refractivity contribution is 0.0746. The Morgan fingerprint density at radius 2 is 1.73 bits per heavy atom. The molecule has 1 saturated heterocycles.